The van der Waals surface area contributed by atoms with Gasteiger partial charge >= 0.3 is 0 Å². The Kier molecular flexibility index (Phi) is 4.51. The molecule has 2 aromatic carbocycles. The highest BCUT2D eigenvalue weighted by Gasteiger charge is 2.24. The number of aliphatic hydroxyl groups excluding tert-OH is 1. The Morgan fingerprint density at radius 2 is 1.96 bits per heavy atom. The smallest absolute Gasteiger partial charge is 0.146 e. The van der Waals surface area contributed by atoms with Crippen LogP contribution in [-0.2, 0) is 0 Å². The van der Waals surface area contributed by atoms with E-state index >= 15 is 0 Å². The molecule has 0 bridgehead atoms. The monoisotopic (exact) mass is 340 g/mol. The third kappa shape index (κ3) is 3.43. The van der Waals surface area contributed by atoms with Gasteiger partial charge in [0.1, 0.15) is 23.9 Å². The number of rotatable bonds is 3. The third-order valence-corrected chi connectivity index (χ3v) is 5.02. The van der Waals surface area contributed by atoms with Crippen molar-refractivity contribution in [2.75, 3.05) is 38.2 Å². The molecule has 4 rings (SSSR count). The van der Waals surface area contributed by atoms with Crippen LogP contribution in [0.1, 0.15) is 17.9 Å². The van der Waals surface area contributed by atoms with E-state index in [9.17, 15) is 5.11 Å². The van der Waals surface area contributed by atoms with Crippen LogP contribution in [0.5, 0.6) is 17.2 Å². The summed E-state index contributed by atoms with van der Waals surface area (Å²) in [6.45, 7) is 3.20. The molecule has 5 nitrogen and oxygen atoms in total. The molecule has 2 aliphatic heterocycles. The van der Waals surface area contributed by atoms with Gasteiger partial charge in [-0.05, 0) is 42.8 Å². The molecular formula is C20H24N2O3. The van der Waals surface area contributed by atoms with Crippen molar-refractivity contribution in [2.45, 2.75) is 18.4 Å². The van der Waals surface area contributed by atoms with Crippen molar-refractivity contribution in [1.29, 1.82) is 0 Å². The van der Waals surface area contributed by atoms with Crippen LogP contribution in [0.2, 0.25) is 0 Å². The van der Waals surface area contributed by atoms with E-state index in [2.05, 4.69) is 29.4 Å². The maximum Gasteiger partial charge on any atom is 0.146 e. The molecule has 1 saturated heterocycles. The molecule has 2 N–H and O–H groups in total. The van der Waals surface area contributed by atoms with Gasteiger partial charge in [-0.2, -0.15) is 0 Å². The Hall–Kier alpha value is -2.24. The number of benzene rings is 2. The minimum atomic E-state index is -0.324. The lowest BCUT2D eigenvalue weighted by molar-refractivity contribution is 0.118. The average molecular weight is 340 g/mol. The maximum absolute atomic E-state index is 10.1. The first kappa shape index (κ1) is 16.2. The summed E-state index contributed by atoms with van der Waals surface area (Å²) in [4.78, 5) is 2.18. The molecule has 2 unspecified atom stereocenters. The number of likely N-dealkylation sites (N-methyl/N-ethyl adjacent to an activating group) is 1. The molecular weight excluding hydrogens is 316 g/mol. The predicted molar refractivity (Wildman–Crippen MR) is 98.0 cm³/mol. The Morgan fingerprint density at radius 3 is 2.76 bits per heavy atom. The van der Waals surface area contributed by atoms with Crippen molar-refractivity contribution in [1.82, 2.24) is 5.32 Å². The van der Waals surface area contributed by atoms with Gasteiger partial charge in [0.15, 0.2) is 0 Å². The second-order valence-electron chi connectivity index (χ2n) is 6.74. The van der Waals surface area contributed by atoms with Crippen LogP contribution in [0, 0.1) is 0 Å². The zero-order valence-electron chi connectivity index (χ0n) is 14.4. The number of anilines is 1. The molecule has 0 aliphatic carbocycles. The lowest BCUT2D eigenvalue weighted by Crippen LogP contribution is -2.39. The largest absolute Gasteiger partial charge is 0.489 e. The van der Waals surface area contributed by atoms with Crippen LogP contribution < -0.4 is 19.7 Å². The number of hydrogen-bond donors (Lipinski definition) is 2. The van der Waals surface area contributed by atoms with Crippen molar-refractivity contribution in [3.8, 4) is 17.2 Å². The maximum atomic E-state index is 10.1. The van der Waals surface area contributed by atoms with E-state index in [0.717, 1.165) is 48.0 Å². The van der Waals surface area contributed by atoms with Gasteiger partial charge in [-0.25, -0.2) is 0 Å². The second-order valence-corrected chi connectivity index (χ2v) is 6.74. The zero-order chi connectivity index (χ0) is 17.2. The summed E-state index contributed by atoms with van der Waals surface area (Å²) in [5, 5.41) is 13.4. The molecule has 2 aliphatic rings. The van der Waals surface area contributed by atoms with Crippen molar-refractivity contribution < 1.29 is 14.6 Å². The van der Waals surface area contributed by atoms with Crippen LogP contribution in [0.3, 0.4) is 0 Å². The Labute approximate surface area is 148 Å². The Balaban J connectivity index is 1.48. The highest BCUT2D eigenvalue weighted by molar-refractivity contribution is 5.62. The fourth-order valence-electron chi connectivity index (χ4n) is 3.55. The number of hydrogen-bond acceptors (Lipinski definition) is 5. The van der Waals surface area contributed by atoms with E-state index in [0.29, 0.717) is 13.2 Å². The van der Waals surface area contributed by atoms with Crippen LogP contribution in [0.15, 0.2) is 42.5 Å². The molecule has 0 spiro atoms. The lowest BCUT2D eigenvalue weighted by Gasteiger charge is -2.29. The topological polar surface area (TPSA) is 54.0 Å². The zero-order valence-corrected chi connectivity index (χ0v) is 14.4. The summed E-state index contributed by atoms with van der Waals surface area (Å²) in [6, 6.07) is 14.0. The minimum Gasteiger partial charge on any atom is -0.489 e. The Morgan fingerprint density at radius 1 is 1.16 bits per heavy atom. The lowest BCUT2D eigenvalue weighted by atomic mass is 9.88. The van der Waals surface area contributed by atoms with E-state index in [1.165, 1.54) is 0 Å². The number of nitrogens with one attached hydrogen (secondary N) is 1. The summed E-state index contributed by atoms with van der Waals surface area (Å²) in [7, 11) is 2.07. The Bertz CT molecular complexity index is 732. The highest BCUT2D eigenvalue weighted by Crippen LogP contribution is 2.36. The first-order chi connectivity index (χ1) is 12.2. The molecule has 2 atom stereocenters. The molecule has 5 heteroatoms. The molecule has 0 saturated carbocycles. The standard InChI is InChI=1S/C20H24N2O3/c1-22-10-11-24-20-12-16(6-7-18(20)22)25-15-4-2-14(3-5-15)17-8-9-21-13-19(17)23/h2-7,12,17,19,21,23H,8-11,13H2,1H3. The normalized spacial score (nSPS) is 22.9. The van der Waals surface area contributed by atoms with Gasteiger partial charge in [0, 0.05) is 25.6 Å². The van der Waals surface area contributed by atoms with Gasteiger partial charge in [-0.3, -0.25) is 0 Å². The summed E-state index contributed by atoms with van der Waals surface area (Å²) < 4.78 is 11.7. The van der Waals surface area contributed by atoms with Crippen LogP contribution in [0.25, 0.3) is 0 Å². The summed E-state index contributed by atoms with van der Waals surface area (Å²) >= 11 is 0. The average Bonchev–Trinajstić information content (AvgIpc) is 2.63. The molecule has 2 heterocycles. The predicted octanol–water partition coefficient (Wildman–Crippen LogP) is 2.75. The fourth-order valence-corrected chi connectivity index (χ4v) is 3.55. The van der Waals surface area contributed by atoms with Crippen LogP contribution in [-0.4, -0.2) is 44.5 Å². The number of aliphatic hydroxyl groups is 1. The van der Waals surface area contributed by atoms with Crippen LogP contribution >= 0.6 is 0 Å². The molecule has 25 heavy (non-hydrogen) atoms. The van der Waals surface area contributed by atoms with Crippen molar-refractivity contribution in [3.05, 3.63) is 48.0 Å². The van der Waals surface area contributed by atoms with Gasteiger partial charge in [0.05, 0.1) is 18.3 Å². The first-order valence-electron chi connectivity index (χ1n) is 8.85. The first-order valence-corrected chi connectivity index (χ1v) is 8.85. The van der Waals surface area contributed by atoms with Crippen LogP contribution in [0.4, 0.5) is 5.69 Å². The summed E-state index contributed by atoms with van der Waals surface area (Å²) in [6.07, 6.45) is 0.632. The van der Waals surface area contributed by atoms with Crippen molar-refractivity contribution in [2.24, 2.45) is 0 Å². The number of nitrogens with zero attached hydrogens (tertiary/aromatic N) is 1. The quantitative estimate of drug-likeness (QED) is 0.900. The second kappa shape index (κ2) is 6.94. The summed E-state index contributed by atoms with van der Waals surface area (Å²) in [5.74, 6) is 2.61. The summed E-state index contributed by atoms with van der Waals surface area (Å²) in [5.41, 5.74) is 2.26. The van der Waals surface area contributed by atoms with Gasteiger partial charge in [-0.15, -0.1) is 0 Å². The van der Waals surface area contributed by atoms with E-state index < -0.39 is 0 Å². The number of piperidine rings is 1. The van der Waals surface area contributed by atoms with E-state index in [1.54, 1.807) is 0 Å². The van der Waals surface area contributed by atoms with Gasteiger partial charge in [-0.1, -0.05) is 12.1 Å². The third-order valence-electron chi connectivity index (χ3n) is 5.02. The number of fused-ring (bicyclic) bond motifs is 1. The molecule has 0 amide bonds. The highest BCUT2D eigenvalue weighted by atomic mass is 16.5. The number of β-amino-alcohol motifs (C(OH)–C–C–N with tert-alkyl or cyclic N) is 1. The molecule has 132 valence electrons. The van der Waals surface area contributed by atoms with E-state index in [1.807, 2.05) is 30.3 Å². The number of ether oxygens (including phenoxy) is 2. The molecule has 0 aromatic heterocycles. The van der Waals surface area contributed by atoms with E-state index in [4.69, 9.17) is 9.47 Å². The van der Waals surface area contributed by atoms with E-state index in [-0.39, 0.29) is 12.0 Å². The molecule has 2 aromatic rings. The van der Waals surface area contributed by atoms with Gasteiger partial charge in [0.2, 0.25) is 0 Å². The SMILES string of the molecule is CN1CCOc2cc(Oc3ccc(C4CCNCC4O)cc3)ccc21. The van der Waals surface area contributed by atoms with Gasteiger partial charge < -0.3 is 24.8 Å². The molecule has 1 fully saturated rings. The fraction of sp³-hybridized carbons (Fsp3) is 0.400. The van der Waals surface area contributed by atoms with Crippen molar-refractivity contribution >= 4 is 5.69 Å². The van der Waals surface area contributed by atoms with Crippen molar-refractivity contribution in [3.63, 3.8) is 0 Å². The minimum absolute atomic E-state index is 0.197. The van der Waals surface area contributed by atoms with Gasteiger partial charge in [0.25, 0.3) is 0 Å². The molecule has 0 radical (unpaired) electrons.